The Labute approximate surface area is 184 Å². The number of hydrogen-bond donors (Lipinski definition) is 1. The molecule has 1 N–H and O–H groups in total. The van der Waals surface area contributed by atoms with E-state index in [2.05, 4.69) is 56.6 Å². The first-order chi connectivity index (χ1) is 13.5. The lowest BCUT2D eigenvalue weighted by atomic mass is 9.50. The van der Waals surface area contributed by atoms with Gasteiger partial charge in [-0.1, -0.05) is 13.0 Å². The van der Waals surface area contributed by atoms with Gasteiger partial charge in [-0.15, -0.1) is 9.24 Å². The van der Waals surface area contributed by atoms with Gasteiger partial charge in [-0.25, -0.2) is 0 Å². The lowest BCUT2D eigenvalue weighted by Gasteiger charge is -2.59. The summed E-state index contributed by atoms with van der Waals surface area (Å²) >= 11 is 2.17. The lowest BCUT2D eigenvalue weighted by molar-refractivity contribution is -0.0890. The van der Waals surface area contributed by atoms with Crippen molar-refractivity contribution in [3.63, 3.8) is 0 Å². The predicted molar refractivity (Wildman–Crippen MR) is 123 cm³/mol. The third kappa shape index (κ3) is 2.72. The van der Waals surface area contributed by atoms with Gasteiger partial charge in [0.05, 0.1) is 18.1 Å². The highest BCUT2D eigenvalue weighted by atomic mass is 127. The fourth-order valence-electron chi connectivity index (χ4n) is 6.15. The maximum Gasteiger partial charge on any atom is 0.165 e. The van der Waals surface area contributed by atoms with Gasteiger partial charge in [0.1, 0.15) is 29.1 Å². The Morgan fingerprint density at radius 1 is 1.29 bits per heavy atom. The molecular formula is C22H31INO3P. The Kier molecular flexibility index (Phi) is 4.93. The number of ether oxygens (including phenoxy) is 2. The highest BCUT2D eigenvalue weighted by Crippen LogP contribution is 2.67. The van der Waals surface area contributed by atoms with Crippen LogP contribution in [0.3, 0.4) is 0 Å². The SMILES string of the molecule is COc1ccc2c3c1O[C@@H]1C(C)(P)CC[C@](OI)(CC2)[C@]31CCNCC1CC1. The maximum absolute atomic E-state index is 6.80. The van der Waals surface area contributed by atoms with E-state index >= 15 is 0 Å². The van der Waals surface area contributed by atoms with Crippen LogP contribution in [0.5, 0.6) is 11.5 Å². The van der Waals surface area contributed by atoms with Crippen LogP contribution in [-0.4, -0.2) is 37.1 Å². The minimum Gasteiger partial charge on any atom is -0.493 e. The van der Waals surface area contributed by atoms with E-state index in [0.29, 0.717) is 0 Å². The number of benzene rings is 1. The number of methoxy groups -OCH3 is 1. The molecule has 0 spiro atoms. The van der Waals surface area contributed by atoms with Crippen LogP contribution in [0.25, 0.3) is 0 Å². The maximum atomic E-state index is 6.80. The molecule has 1 heterocycles. The monoisotopic (exact) mass is 515 g/mol. The number of halogens is 1. The first-order valence-electron chi connectivity index (χ1n) is 10.6. The van der Waals surface area contributed by atoms with Crippen molar-refractivity contribution in [2.75, 3.05) is 20.2 Å². The van der Waals surface area contributed by atoms with Crippen molar-refractivity contribution in [2.24, 2.45) is 5.92 Å². The molecule has 1 aliphatic heterocycles. The average molecular weight is 515 g/mol. The second kappa shape index (κ2) is 6.96. The van der Waals surface area contributed by atoms with Gasteiger partial charge < -0.3 is 17.9 Å². The zero-order chi connectivity index (χ0) is 19.6. The topological polar surface area (TPSA) is 39.7 Å². The Morgan fingerprint density at radius 3 is 2.82 bits per heavy atom. The van der Waals surface area contributed by atoms with Crippen molar-refractivity contribution in [1.29, 1.82) is 0 Å². The molecule has 5 rings (SSSR count). The Bertz CT molecular complexity index is 783. The largest absolute Gasteiger partial charge is 0.493 e. The molecular weight excluding hydrogens is 484 g/mol. The van der Waals surface area contributed by atoms with Crippen molar-refractivity contribution >= 4 is 32.2 Å². The quantitative estimate of drug-likeness (QED) is 0.329. The molecule has 2 unspecified atom stereocenters. The van der Waals surface area contributed by atoms with Crippen molar-refractivity contribution in [2.45, 2.75) is 74.1 Å². The second-order valence-electron chi connectivity index (χ2n) is 9.58. The van der Waals surface area contributed by atoms with Gasteiger partial charge in [-0.05, 0) is 75.6 Å². The van der Waals surface area contributed by atoms with Crippen LogP contribution < -0.4 is 14.8 Å². The van der Waals surface area contributed by atoms with Crippen molar-refractivity contribution in [1.82, 2.24) is 5.32 Å². The van der Waals surface area contributed by atoms with Crippen LogP contribution in [0, 0.1) is 5.92 Å². The zero-order valence-electron chi connectivity index (χ0n) is 16.9. The smallest absolute Gasteiger partial charge is 0.165 e. The van der Waals surface area contributed by atoms with Gasteiger partial charge in [0, 0.05) is 10.7 Å². The molecule has 154 valence electrons. The fraction of sp³-hybridized carbons (Fsp3) is 0.727. The molecule has 0 saturated heterocycles. The standard InChI is InChI=1S/C22H31INO3P/c1-20(28)9-10-21(27-23)8-7-15-5-6-16(25-2)18-17(15)22(21,19(20)26-18)11-12-24-13-14-3-4-14/h5-6,14,19,24H,3-4,7-13,28H2,1-2H3/t19-,20?,21-,22-/m1/s1. The van der Waals surface area contributed by atoms with Crippen LogP contribution in [0.15, 0.2) is 12.1 Å². The van der Waals surface area contributed by atoms with Crippen LogP contribution >= 0.6 is 32.2 Å². The Balaban J connectivity index is 1.63. The van der Waals surface area contributed by atoms with Gasteiger partial charge in [0.15, 0.2) is 11.5 Å². The van der Waals surface area contributed by atoms with Gasteiger partial charge in [0.25, 0.3) is 0 Å². The van der Waals surface area contributed by atoms with E-state index in [1.807, 2.05) is 0 Å². The van der Waals surface area contributed by atoms with Crippen LogP contribution in [0.1, 0.15) is 56.6 Å². The molecule has 2 fully saturated rings. The first kappa shape index (κ1) is 19.8. The minimum atomic E-state index is -0.166. The fourth-order valence-corrected chi connectivity index (χ4v) is 7.48. The summed E-state index contributed by atoms with van der Waals surface area (Å²) in [5.74, 6) is 2.73. The molecule has 4 aliphatic rings. The van der Waals surface area contributed by atoms with E-state index in [0.717, 1.165) is 62.6 Å². The molecule has 1 aromatic rings. The third-order valence-electron chi connectivity index (χ3n) is 7.81. The molecule has 0 bridgehead atoms. The van der Waals surface area contributed by atoms with Crippen LogP contribution in [0.4, 0.5) is 0 Å². The number of nitrogens with one attached hydrogen (secondary N) is 1. The second-order valence-corrected chi connectivity index (χ2v) is 11.3. The van der Waals surface area contributed by atoms with E-state index < -0.39 is 0 Å². The Morgan fingerprint density at radius 2 is 2.11 bits per heavy atom. The van der Waals surface area contributed by atoms with E-state index in [1.54, 1.807) is 7.11 Å². The number of hydrogen-bond acceptors (Lipinski definition) is 4. The summed E-state index contributed by atoms with van der Waals surface area (Å²) < 4.78 is 19.0. The first-order valence-corrected chi connectivity index (χ1v) is 12.1. The van der Waals surface area contributed by atoms with E-state index in [4.69, 9.17) is 12.5 Å². The number of aryl methyl sites for hydroxylation is 1. The third-order valence-corrected chi connectivity index (χ3v) is 9.24. The highest BCUT2D eigenvalue weighted by molar-refractivity contribution is 14.1. The zero-order valence-corrected chi connectivity index (χ0v) is 20.2. The summed E-state index contributed by atoms with van der Waals surface area (Å²) in [6.45, 7) is 4.50. The average Bonchev–Trinajstić information content (AvgIpc) is 3.45. The van der Waals surface area contributed by atoms with Crippen molar-refractivity contribution < 1.29 is 12.5 Å². The number of rotatable bonds is 7. The van der Waals surface area contributed by atoms with E-state index in [1.165, 1.54) is 24.0 Å². The van der Waals surface area contributed by atoms with Crippen molar-refractivity contribution in [3.05, 3.63) is 23.3 Å². The summed E-state index contributed by atoms with van der Waals surface area (Å²) in [6, 6.07) is 4.34. The predicted octanol–water partition coefficient (Wildman–Crippen LogP) is 4.56. The summed E-state index contributed by atoms with van der Waals surface area (Å²) in [4.78, 5) is 0. The summed E-state index contributed by atoms with van der Waals surface area (Å²) in [5.41, 5.74) is 2.51. The van der Waals surface area contributed by atoms with Gasteiger partial charge in [0.2, 0.25) is 0 Å². The molecule has 0 aromatic heterocycles. The normalized spacial score (nSPS) is 38.1. The van der Waals surface area contributed by atoms with E-state index in [-0.39, 0.29) is 22.3 Å². The lowest BCUT2D eigenvalue weighted by Crippen LogP contribution is -2.68. The van der Waals surface area contributed by atoms with Crippen LogP contribution in [0.2, 0.25) is 0 Å². The van der Waals surface area contributed by atoms with Gasteiger partial charge in [-0.3, -0.25) is 0 Å². The molecule has 3 aliphatic carbocycles. The van der Waals surface area contributed by atoms with Gasteiger partial charge in [-0.2, -0.15) is 0 Å². The summed E-state index contributed by atoms with van der Waals surface area (Å²) in [6.07, 6.45) is 8.19. The van der Waals surface area contributed by atoms with Crippen LogP contribution in [-0.2, 0) is 14.9 Å². The van der Waals surface area contributed by atoms with Crippen molar-refractivity contribution in [3.8, 4) is 11.5 Å². The highest BCUT2D eigenvalue weighted by Gasteiger charge is 2.70. The molecule has 4 nitrogen and oxygen atoms in total. The molecule has 0 radical (unpaired) electrons. The summed E-state index contributed by atoms with van der Waals surface area (Å²) in [7, 11) is 4.88. The molecule has 28 heavy (non-hydrogen) atoms. The molecule has 5 atom stereocenters. The molecule has 6 heteroatoms. The summed E-state index contributed by atoms with van der Waals surface area (Å²) in [5, 5.41) is 3.76. The molecule has 0 amide bonds. The minimum absolute atomic E-state index is 0.0216. The molecule has 2 saturated carbocycles. The van der Waals surface area contributed by atoms with E-state index in [9.17, 15) is 0 Å². The van der Waals surface area contributed by atoms with Gasteiger partial charge >= 0.3 is 0 Å². The molecule has 1 aromatic carbocycles. The Hall–Kier alpha value is -0.100.